The molecule has 1 N–H and O–H groups in total. The molecule has 3 heterocycles. The second-order valence-corrected chi connectivity index (χ2v) is 5.05. The number of halogens is 1. The average molecular weight is 283 g/mol. The molecule has 7 heteroatoms. The summed E-state index contributed by atoms with van der Waals surface area (Å²) in [6.07, 6.45) is 3.16. The van der Waals surface area contributed by atoms with E-state index in [1.54, 1.807) is 6.20 Å². The summed E-state index contributed by atoms with van der Waals surface area (Å²) in [4.78, 5) is 22.4. The Morgan fingerprint density at radius 3 is 3.16 bits per heavy atom. The molecular formula is C12H15ClN4O2. The standard InChI is InChI=1S/C12H15ClN4O2/c1-2-9-11(18)15-8-5-14-12(13)16-10(8)17(9)7-3-4-19-6-7/h5,7,9H,2-4,6H2,1H3,(H,15,18)/t7?,9-/m1/s1. The Morgan fingerprint density at radius 2 is 2.47 bits per heavy atom. The maximum Gasteiger partial charge on any atom is 0.247 e. The SMILES string of the molecule is CC[C@@H]1C(=O)Nc2cnc(Cl)nc2N1C1CCOC1. The van der Waals surface area contributed by atoms with Crippen LogP contribution in [0.15, 0.2) is 6.20 Å². The van der Waals surface area contributed by atoms with E-state index < -0.39 is 0 Å². The third-order valence-corrected chi connectivity index (χ3v) is 3.75. The molecule has 1 unspecified atom stereocenters. The first-order valence-electron chi connectivity index (χ1n) is 6.40. The molecule has 102 valence electrons. The summed E-state index contributed by atoms with van der Waals surface area (Å²) >= 11 is 5.88. The van der Waals surface area contributed by atoms with Crippen LogP contribution in [-0.2, 0) is 9.53 Å². The van der Waals surface area contributed by atoms with Crippen LogP contribution in [0.4, 0.5) is 11.5 Å². The summed E-state index contributed by atoms with van der Waals surface area (Å²) in [5.41, 5.74) is 0.617. The van der Waals surface area contributed by atoms with Crippen LogP contribution < -0.4 is 10.2 Å². The third kappa shape index (κ3) is 2.15. The van der Waals surface area contributed by atoms with E-state index >= 15 is 0 Å². The van der Waals surface area contributed by atoms with Crippen LogP contribution in [0.2, 0.25) is 5.28 Å². The van der Waals surface area contributed by atoms with Crippen LogP contribution in [-0.4, -0.2) is 41.2 Å². The number of carbonyl (C=O) groups is 1. The molecule has 0 spiro atoms. The summed E-state index contributed by atoms with van der Waals surface area (Å²) in [5.74, 6) is 0.676. The van der Waals surface area contributed by atoms with Crippen molar-refractivity contribution in [1.82, 2.24) is 9.97 Å². The zero-order valence-corrected chi connectivity index (χ0v) is 11.4. The zero-order chi connectivity index (χ0) is 13.4. The van der Waals surface area contributed by atoms with Crippen molar-refractivity contribution in [3.8, 4) is 0 Å². The lowest BCUT2D eigenvalue weighted by Gasteiger charge is -2.39. The largest absolute Gasteiger partial charge is 0.379 e. The molecule has 0 aliphatic carbocycles. The molecule has 6 nitrogen and oxygen atoms in total. The normalized spacial score (nSPS) is 26.2. The van der Waals surface area contributed by atoms with Crippen molar-refractivity contribution in [1.29, 1.82) is 0 Å². The lowest BCUT2D eigenvalue weighted by atomic mass is 10.0. The molecule has 3 rings (SSSR count). The molecule has 0 saturated carbocycles. The Morgan fingerprint density at radius 1 is 1.63 bits per heavy atom. The lowest BCUT2D eigenvalue weighted by molar-refractivity contribution is -0.117. The van der Waals surface area contributed by atoms with Gasteiger partial charge in [0.1, 0.15) is 11.7 Å². The van der Waals surface area contributed by atoms with E-state index in [1.165, 1.54) is 0 Å². The predicted molar refractivity (Wildman–Crippen MR) is 71.5 cm³/mol. The Balaban J connectivity index is 2.05. The van der Waals surface area contributed by atoms with Gasteiger partial charge in [0.2, 0.25) is 11.2 Å². The summed E-state index contributed by atoms with van der Waals surface area (Å²) in [7, 11) is 0. The van der Waals surface area contributed by atoms with E-state index in [4.69, 9.17) is 16.3 Å². The van der Waals surface area contributed by atoms with E-state index in [1.807, 2.05) is 11.8 Å². The summed E-state index contributed by atoms with van der Waals surface area (Å²) in [5, 5.41) is 3.03. The number of carbonyl (C=O) groups excluding carboxylic acids is 1. The highest BCUT2D eigenvalue weighted by Crippen LogP contribution is 2.34. The van der Waals surface area contributed by atoms with Crippen molar-refractivity contribution in [3.05, 3.63) is 11.5 Å². The second kappa shape index (κ2) is 4.94. The number of rotatable bonds is 2. The summed E-state index contributed by atoms with van der Waals surface area (Å²) in [6.45, 7) is 3.32. The fourth-order valence-electron chi connectivity index (χ4n) is 2.68. The Labute approximate surface area is 116 Å². The minimum atomic E-state index is -0.231. The lowest BCUT2D eigenvalue weighted by Crippen LogP contribution is -2.53. The van der Waals surface area contributed by atoms with Gasteiger partial charge in [0, 0.05) is 6.61 Å². The van der Waals surface area contributed by atoms with Crippen molar-refractivity contribution in [2.24, 2.45) is 0 Å². The number of aromatic nitrogens is 2. The monoisotopic (exact) mass is 282 g/mol. The van der Waals surface area contributed by atoms with Gasteiger partial charge in [-0.3, -0.25) is 4.79 Å². The van der Waals surface area contributed by atoms with E-state index in [0.29, 0.717) is 31.1 Å². The van der Waals surface area contributed by atoms with Gasteiger partial charge in [-0.05, 0) is 24.4 Å². The van der Waals surface area contributed by atoms with E-state index in [-0.39, 0.29) is 23.3 Å². The minimum Gasteiger partial charge on any atom is -0.379 e. The van der Waals surface area contributed by atoms with Gasteiger partial charge in [-0.1, -0.05) is 6.92 Å². The molecule has 0 aromatic carbocycles. The van der Waals surface area contributed by atoms with Crippen LogP contribution >= 0.6 is 11.6 Å². The Bertz CT molecular complexity index is 505. The Kier molecular flexibility index (Phi) is 3.28. The number of hydrogen-bond donors (Lipinski definition) is 1. The highest BCUT2D eigenvalue weighted by atomic mass is 35.5. The van der Waals surface area contributed by atoms with Crippen LogP contribution in [0.5, 0.6) is 0 Å². The van der Waals surface area contributed by atoms with Gasteiger partial charge in [0.25, 0.3) is 0 Å². The highest BCUT2D eigenvalue weighted by molar-refractivity contribution is 6.28. The second-order valence-electron chi connectivity index (χ2n) is 4.71. The molecule has 0 radical (unpaired) electrons. The first kappa shape index (κ1) is 12.6. The van der Waals surface area contributed by atoms with Gasteiger partial charge in [0.05, 0.1) is 18.8 Å². The number of anilines is 2. The molecule has 19 heavy (non-hydrogen) atoms. The Hall–Kier alpha value is -1.40. The van der Waals surface area contributed by atoms with E-state index in [0.717, 1.165) is 6.42 Å². The smallest absolute Gasteiger partial charge is 0.247 e. The third-order valence-electron chi connectivity index (χ3n) is 3.57. The molecule has 1 aromatic rings. The highest BCUT2D eigenvalue weighted by Gasteiger charge is 2.38. The van der Waals surface area contributed by atoms with Crippen LogP contribution in [0.25, 0.3) is 0 Å². The number of nitrogens with one attached hydrogen (secondary N) is 1. The fourth-order valence-corrected chi connectivity index (χ4v) is 2.81. The van der Waals surface area contributed by atoms with Crippen molar-refractivity contribution < 1.29 is 9.53 Å². The molecule has 0 bridgehead atoms. The van der Waals surface area contributed by atoms with E-state index in [2.05, 4.69) is 15.3 Å². The van der Waals surface area contributed by atoms with Crippen LogP contribution in [0.1, 0.15) is 19.8 Å². The quantitative estimate of drug-likeness (QED) is 0.832. The van der Waals surface area contributed by atoms with Crippen molar-refractivity contribution in [2.45, 2.75) is 31.8 Å². The average Bonchev–Trinajstić information content (AvgIpc) is 2.91. The van der Waals surface area contributed by atoms with Crippen molar-refractivity contribution in [2.75, 3.05) is 23.4 Å². The molecule has 1 aromatic heterocycles. The van der Waals surface area contributed by atoms with Crippen molar-refractivity contribution >= 4 is 29.0 Å². The number of ether oxygens (including phenoxy) is 1. The first-order valence-corrected chi connectivity index (χ1v) is 6.78. The van der Waals surface area contributed by atoms with Gasteiger partial charge in [-0.15, -0.1) is 0 Å². The molecule has 1 saturated heterocycles. The van der Waals surface area contributed by atoms with Crippen molar-refractivity contribution in [3.63, 3.8) is 0 Å². The summed E-state index contributed by atoms with van der Waals surface area (Å²) < 4.78 is 5.43. The number of amides is 1. The van der Waals surface area contributed by atoms with E-state index in [9.17, 15) is 4.79 Å². The van der Waals surface area contributed by atoms with Gasteiger partial charge in [-0.25, -0.2) is 4.98 Å². The summed E-state index contributed by atoms with van der Waals surface area (Å²) in [6, 6.07) is -0.0640. The topological polar surface area (TPSA) is 67.4 Å². The van der Waals surface area contributed by atoms with Gasteiger partial charge < -0.3 is 15.0 Å². The minimum absolute atomic E-state index is 0.0205. The van der Waals surface area contributed by atoms with Crippen LogP contribution in [0.3, 0.4) is 0 Å². The fraction of sp³-hybridized carbons (Fsp3) is 0.583. The number of hydrogen-bond acceptors (Lipinski definition) is 5. The molecular weight excluding hydrogens is 268 g/mol. The van der Waals surface area contributed by atoms with Gasteiger partial charge in [0.15, 0.2) is 5.82 Å². The zero-order valence-electron chi connectivity index (χ0n) is 10.6. The van der Waals surface area contributed by atoms with Crippen LogP contribution in [0, 0.1) is 0 Å². The molecule has 1 fully saturated rings. The van der Waals surface area contributed by atoms with Gasteiger partial charge in [-0.2, -0.15) is 4.98 Å². The molecule has 2 aliphatic heterocycles. The molecule has 1 amide bonds. The number of fused-ring (bicyclic) bond motifs is 1. The van der Waals surface area contributed by atoms with Gasteiger partial charge >= 0.3 is 0 Å². The first-order chi connectivity index (χ1) is 9.20. The molecule has 2 atom stereocenters. The maximum absolute atomic E-state index is 12.2. The predicted octanol–water partition coefficient (Wildman–Crippen LogP) is 1.46. The molecule has 2 aliphatic rings. The number of nitrogens with zero attached hydrogens (tertiary/aromatic N) is 3. The maximum atomic E-state index is 12.2.